The molecule has 0 unspecified atom stereocenters. The number of pyridine rings is 1. The van der Waals surface area contributed by atoms with Crippen molar-refractivity contribution in [3.8, 4) is 17.6 Å². The van der Waals surface area contributed by atoms with E-state index in [1.54, 1.807) is 56.7 Å². The van der Waals surface area contributed by atoms with Crippen LogP contribution in [0.3, 0.4) is 0 Å². The number of amides is 1. The van der Waals surface area contributed by atoms with Crippen molar-refractivity contribution in [2.24, 2.45) is 0 Å². The van der Waals surface area contributed by atoms with E-state index in [-0.39, 0.29) is 29.4 Å². The molecule has 0 saturated carbocycles. The highest BCUT2D eigenvalue weighted by molar-refractivity contribution is 6.32. The molecule has 264 valence electrons. The lowest BCUT2D eigenvalue weighted by Gasteiger charge is -2.19. The standard InChI is InChI=1S/C33H33ClFN5O5.C4H8O/c1-43-13-11-40(12-14-44-2)10-4-7-32(42)39-29-17-26-28(18-30(29)41)37-20-23(19-36)33(26)38-25-8-9-31(27(34)16-25)45-21-22-5-3-6-24(35)15-22;1-2-4-5-3-1/h3-9,15-18,20,41H,10-14,21H2,1-2H3,(H,37,38)(H,39,42);1-4H2/b7-4+;. The largest absolute Gasteiger partial charge is 0.506 e. The Morgan fingerprint density at radius 1 is 1.12 bits per heavy atom. The van der Waals surface area contributed by atoms with E-state index in [0.717, 1.165) is 13.2 Å². The van der Waals surface area contributed by atoms with Gasteiger partial charge in [-0.3, -0.25) is 14.7 Å². The van der Waals surface area contributed by atoms with Crippen LogP contribution in [0.25, 0.3) is 10.9 Å². The number of carbonyl (C=O) groups excluding carboxylic acids is 1. The second kappa shape index (κ2) is 20.0. The number of methoxy groups -OCH3 is 2. The Morgan fingerprint density at radius 3 is 2.52 bits per heavy atom. The van der Waals surface area contributed by atoms with Gasteiger partial charge in [0, 0.05) is 76.5 Å². The molecule has 5 rings (SSSR count). The average molecular weight is 706 g/mol. The molecule has 50 heavy (non-hydrogen) atoms. The second-order valence-corrected chi connectivity index (χ2v) is 11.6. The summed E-state index contributed by atoms with van der Waals surface area (Å²) >= 11 is 6.48. The Labute approximate surface area is 296 Å². The Kier molecular flexibility index (Phi) is 15.2. The molecule has 1 aromatic heterocycles. The van der Waals surface area contributed by atoms with Gasteiger partial charge < -0.3 is 34.7 Å². The number of fused-ring (bicyclic) bond motifs is 1. The molecule has 1 aliphatic heterocycles. The van der Waals surface area contributed by atoms with E-state index in [2.05, 4.69) is 26.6 Å². The van der Waals surface area contributed by atoms with Crippen molar-refractivity contribution in [2.45, 2.75) is 19.4 Å². The fraction of sp³-hybridized carbons (Fsp3) is 0.324. The first-order chi connectivity index (χ1) is 24.3. The van der Waals surface area contributed by atoms with Gasteiger partial charge in [0.1, 0.15) is 30.0 Å². The van der Waals surface area contributed by atoms with Gasteiger partial charge in [0.15, 0.2) is 0 Å². The van der Waals surface area contributed by atoms with Gasteiger partial charge in [-0.25, -0.2) is 4.39 Å². The summed E-state index contributed by atoms with van der Waals surface area (Å²) in [5, 5.41) is 27.1. The number of hydrogen-bond acceptors (Lipinski definition) is 10. The van der Waals surface area contributed by atoms with Crippen molar-refractivity contribution in [3.05, 3.63) is 94.9 Å². The van der Waals surface area contributed by atoms with Crippen molar-refractivity contribution in [2.75, 3.05) is 70.9 Å². The molecule has 1 amide bonds. The van der Waals surface area contributed by atoms with E-state index in [1.165, 1.54) is 43.3 Å². The number of rotatable bonds is 15. The first-order valence-electron chi connectivity index (χ1n) is 16.1. The summed E-state index contributed by atoms with van der Waals surface area (Å²) in [6, 6.07) is 16.2. The maximum Gasteiger partial charge on any atom is 0.248 e. The molecule has 0 aliphatic carbocycles. The van der Waals surface area contributed by atoms with Gasteiger partial charge in [-0.15, -0.1) is 0 Å². The number of phenols is 1. The molecule has 0 atom stereocenters. The van der Waals surface area contributed by atoms with Gasteiger partial charge in [0.2, 0.25) is 5.91 Å². The second-order valence-electron chi connectivity index (χ2n) is 11.2. The lowest BCUT2D eigenvalue weighted by Crippen LogP contribution is -2.31. The van der Waals surface area contributed by atoms with Crippen molar-refractivity contribution >= 4 is 45.5 Å². The molecule has 0 radical (unpaired) electrons. The summed E-state index contributed by atoms with van der Waals surface area (Å²) in [5.41, 5.74) is 2.39. The number of aromatic hydroxyl groups is 1. The van der Waals surface area contributed by atoms with Crippen molar-refractivity contribution in [1.82, 2.24) is 9.88 Å². The summed E-state index contributed by atoms with van der Waals surface area (Å²) in [4.78, 5) is 19.1. The Hall–Kier alpha value is -4.77. The summed E-state index contributed by atoms with van der Waals surface area (Å²) in [5.74, 6) is -0.583. The third-order valence-electron chi connectivity index (χ3n) is 7.53. The number of aromatic nitrogens is 1. The molecule has 4 aromatic rings. The number of phenolic OH excluding ortho intramolecular Hbond substituents is 1. The van der Waals surface area contributed by atoms with E-state index in [0.29, 0.717) is 71.5 Å². The molecule has 3 N–H and O–H groups in total. The minimum atomic E-state index is -0.442. The van der Waals surface area contributed by atoms with Gasteiger partial charge >= 0.3 is 0 Å². The van der Waals surface area contributed by atoms with E-state index in [1.807, 2.05) is 0 Å². The van der Waals surface area contributed by atoms with Crippen molar-refractivity contribution in [1.29, 1.82) is 5.26 Å². The number of nitrogens with one attached hydrogen (secondary N) is 2. The number of ether oxygens (including phenoxy) is 4. The molecule has 1 fully saturated rings. The summed E-state index contributed by atoms with van der Waals surface area (Å²) in [7, 11) is 3.26. The molecule has 0 bridgehead atoms. The number of halogens is 2. The molecular formula is C37H41ClFN5O6. The predicted octanol–water partition coefficient (Wildman–Crippen LogP) is 6.81. The predicted molar refractivity (Wildman–Crippen MR) is 192 cm³/mol. The monoisotopic (exact) mass is 705 g/mol. The Morgan fingerprint density at radius 2 is 1.88 bits per heavy atom. The van der Waals surface area contributed by atoms with Crippen LogP contribution in [-0.4, -0.2) is 81.2 Å². The van der Waals surface area contributed by atoms with Crippen molar-refractivity contribution in [3.63, 3.8) is 0 Å². The van der Waals surface area contributed by atoms with E-state index < -0.39 is 5.91 Å². The van der Waals surface area contributed by atoms with Crippen LogP contribution >= 0.6 is 11.6 Å². The zero-order chi connectivity index (χ0) is 35.7. The quantitative estimate of drug-likeness (QED) is 0.0893. The van der Waals surface area contributed by atoms with Gasteiger partial charge in [0.25, 0.3) is 0 Å². The third-order valence-corrected chi connectivity index (χ3v) is 7.83. The minimum absolute atomic E-state index is 0.130. The van der Waals surface area contributed by atoms with Crippen molar-refractivity contribution < 1.29 is 33.2 Å². The molecule has 2 heterocycles. The SMILES string of the molecule is C1CCOC1.COCCN(C/C=C/C(=O)Nc1cc2c(Nc3ccc(OCc4cccc(F)c4)c(Cl)c3)c(C#N)cnc2cc1O)CCOC. The maximum absolute atomic E-state index is 13.5. The summed E-state index contributed by atoms with van der Waals surface area (Å²) in [6.45, 7) is 5.08. The molecule has 11 nitrogen and oxygen atoms in total. The van der Waals surface area contributed by atoms with Crippen LogP contribution in [0, 0.1) is 17.1 Å². The highest BCUT2D eigenvalue weighted by atomic mass is 35.5. The van der Waals surface area contributed by atoms with E-state index in [9.17, 15) is 19.6 Å². The highest BCUT2D eigenvalue weighted by Gasteiger charge is 2.15. The van der Waals surface area contributed by atoms with E-state index >= 15 is 0 Å². The van der Waals surface area contributed by atoms with Crippen LogP contribution in [0.2, 0.25) is 5.02 Å². The van der Waals surface area contributed by atoms with Crippen LogP contribution < -0.4 is 15.4 Å². The fourth-order valence-corrected chi connectivity index (χ4v) is 5.14. The number of nitriles is 1. The van der Waals surface area contributed by atoms with Crippen LogP contribution in [0.5, 0.6) is 11.5 Å². The van der Waals surface area contributed by atoms with Crippen LogP contribution in [0.4, 0.5) is 21.5 Å². The summed E-state index contributed by atoms with van der Waals surface area (Å²) < 4.78 is 34.5. The highest BCUT2D eigenvalue weighted by Crippen LogP contribution is 2.37. The number of hydrogen-bond donors (Lipinski definition) is 3. The molecular weight excluding hydrogens is 665 g/mol. The Bertz CT molecular complexity index is 1780. The molecule has 0 spiro atoms. The van der Waals surface area contributed by atoms with Gasteiger partial charge in [-0.2, -0.15) is 5.26 Å². The fourth-order valence-electron chi connectivity index (χ4n) is 4.90. The number of anilines is 3. The molecule has 13 heteroatoms. The van der Waals surface area contributed by atoms with Gasteiger partial charge in [0.05, 0.1) is 40.7 Å². The number of carbonyl (C=O) groups is 1. The lowest BCUT2D eigenvalue weighted by atomic mass is 10.1. The zero-order valence-electron chi connectivity index (χ0n) is 28.1. The first-order valence-corrected chi connectivity index (χ1v) is 16.4. The molecule has 1 aliphatic rings. The van der Waals surface area contributed by atoms with E-state index in [4.69, 9.17) is 30.5 Å². The third kappa shape index (κ3) is 11.7. The normalized spacial score (nSPS) is 12.5. The van der Waals surface area contributed by atoms with Crippen LogP contribution in [0.15, 0.2) is 72.9 Å². The number of benzene rings is 3. The smallest absolute Gasteiger partial charge is 0.248 e. The zero-order valence-corrected chi connectivity index (χ0v) is 28.8. The molecule has 3 aromatic carbocycles. The minimum Gasteiger partial charge on any atom is -0.506 e. The maximum atomic E-state index is 13.5. The first kappa shape index (κ1) is 38.0. The lowest BCUT2D eigenvalue weighted by molar-refractivity contribution is -0.111. The number of nitrogens with zero attached hydrogens (tertiary/aromatic N) is 3. The topological polar surface area (TPSA) is 138 Å². The van der Waals surface area contributed by atoms with Gasteiger partial charge in [-0.05, 0) is 54.8 Å². The Balaban J connectivity index is 0.00000103. The van der Waals surface area contributed by atoms with Crippen LogP contribution in [-0.2, 0) is 25.6 Å². The van der Waals surface area contributed by atoms with Crippen LogP contribution in [0.1, 0.15) is 24.0 Å². The van der Waals surface area contributed by atoms with Gasteiger partial charge in [-0.1, -0.05) is 29.8 Å². The average Bonchev–Trinajstić information content (AvgIpc) is 3.70. The summed E-state index contributed by atoms with van der Waals surface area (Å²) in [6.07, 6.45) is 7.05. The molecule has 1 saturated heterocycles.